The van der Waals surface area contributed by atoms with Crippen molar-refractivity contribution in [1.29, 1.82) is 0 Å². The third-order valence-electron chi connectivity index (χ3n) is 4.03. The minimum Gasteiger partial charge on any atom is -0.325 e. The molecule has 21 heavy (non-hydrogen) atoms. The fraction of sp³-hybridized carbons (Fsp3) is 0.812. The van der Waals surface area contributed by atoms with E-state index in [1.807, 2.05) is 0 Å². The lowest BCUT2D eigenvalue weighted by Crippen LogP contribution is -2.55. The number of nitrogens with one attached hydrogen (secondary N) is 3. The zero-order chi connectivity index (χ0) is 15.5. The van der Waals surface area contributed by atoms with Crippen LogP contribution < -0.4 is 16.1 Å². The molecule has 3 N–H and O–H groups in total. The Balaban J connectivity index is 1.81. The largest absolute Gasteiger partial charge is 0.431 e. The van der Waals surface area contributed by atoms with Crippen LogP contribution in [0.25, 0.3) is 0 Å². The minimum absolute atomic E-state index is 0.0240. The van der Waals surface area contributed by atoms with Crippen LogP contribution in [0, 0.1) is 0 Å². The van der Waals surface area contributed by atoms with Gasteiger partial charge in [0.2, 0.25) is 0 Å². The van der Waals surface area contributed by atoms with Crippen molar-refractivity contribution in [2.24, 2.45) is 0 Å². The molecule has 5 heteroatoms. The van der Waals surface area contributed by atoms with Gasteiger partial charge >= 0.3 is 6.09 Å². The highest BCUT2D eigenvalue weighted by Crippen LogP contribution is 2.26. The van der Waals surface area contributed by atoms with Crippen LogP contribution in [0.15, 0.2) is 11.8 Å². The summed E-state index contributed by atoms with van der Waals surface area (Å²) in [5, 5.41) is 6.48. The summed E-state index contributed by atoms with van der Waals surface area (Å²) >= 11 is 0. The Morgan fingerprint density at radius 3 is 2.52 bits per heavy atom. The van der Waals surface area contributed by atoms with E-state index in [0.717, 1.165) is 25.0 Å². The number of amides is 1. The minimum atomic E-state index is -0.378. The summed E-state index contributed by atoms with van der Waals surface area (Å²) in [6, 6.07) is 0.267. The lowest BCUT2D eigenvalue weighted by Gasteiger charge is -2.41. The van der Waals surface area contributed by atoms with Crippen molar-refractivity contribution in [3.63, 3.8) is 0 Å². The van der Waals surface area contributed by atoms with Crippen molar-refractivity contribution < 1.29 is 9.63 Å². The third-order valence-corrected chi connectivity index (χ3v) is 4.03. The Bertz CT molecular complexity index is 410. The first-order chi connectivity index (χ1) is 9.76. The SMILES string of the molecule is CC1(C)C=C(NOC(=O)NC2CCCCC2)CC(C)(C)N1. The summed E-state index contributed by atoms with van der Waals surface area (Å²) in [4.78, 5) is 17.0. The average molecular weight is 295 g/mol. The molecule has 1 aliphatic carbocycles. The molecule has 1 heterocycles. The van der Waals surface area contributed by atoms with Gasteiger partial charge in [-0.25, -0.2) is 10.3 Å². The summed E-state index contributed by atoms with van der Waals surface area (Å²) in [6.07, 6.45) is 8.27. The van der Waals surface area contributed by atoms with E-state index in [1.165, 1.54) is 19.3 Å². The Morgan fingerprint density at radius 1 is 1.24 bits per heavy atom. The van der Waals surface area contributed by atoms with E-state index in [0.29, 0.717) is 0 Å². The third kappa shape index (κ3) is 5.23. The molecule has 1 fully saturated rings. The Morgan fingerprint density at radius 2 is 1.90 bits per heavy atom. The highest BCUT2D eigenvalue weighted by molar-refractivity contribution is 5.67. The first-order valence-corrected chi connectivity index (χ1v) is 8.00. The lowest BCUT2D eigenvalue weighted by molar-refractivity contribution is 0.0925. The molecule has 1 aliphatic heterocycles. The van der Waals surface area contributed by atoms with Gasteiger partial charge < -0.3 is 15.5 Å². The number of carbonyl (C=O) groups excluding carboxylic acids is 1. The van der Waals surface area contributed by atoms with Crippen molar-refractivity contribution in [1.82, 2.24) is 16.1 Å². The Labute approximate surface area is 127 Å². The summed E-state index contributed by atoms with van der Waals surface area (Å²) in [7, 11) is 0. The van der Waals surface area contributed by atoms with Crippen LogP contribution in [0.3, 0.4) is 0 Å². The van der Waals surface area contributed by atoms with Crippen LogP contribution >= 0.6 is 0 Å². The lowest BCUT2D eigenvalue weighted by atomic mass is 9.87. The Hall–Kier alpha value is -1.23. The predicted molar refractivity (Wildman–Crippen MR) is 83.6 cm³/mol. The predicted octanol–water partition coefficient (Wildman–Crippen LogP) is 2.98. The van der Waals surface area contributed by atoms with Crippen molar-refractivity contribution in [3.05, 3.63) is 11.8 Å². The van der Waals surface area contributed by atoms with E-state index < -0.39 is 0 Å². The van der Waals surface area contributed by atoms with Crippen molar-refractivity contribution in [2.75, 3.05) is 0 Å². The van der Waals surface area contributed by atoms with E-state index >= 15 is 0 Å². The molecule has 0 atom stereocenters. The summed E-state index contributed by atoms with van der Waals surface area (Å²) < 4.78 is 0. The molecule has 5 nitrogen and oxygen atoms in total. The average Bonchev–Trinajstić information content (AvgIpc) is 2.34. The molecular formula is C16H29N3O2. The van der Waals surface area contributed by atoms with E-state index in [2.05, 4.69) is 49.9 Å². The highest BCUT2D eigenvalue weighted by atomic mass is 16.7. The van der Waals surface area contributed by atoms with E-state index in [1.54, 1.807) is 0 Å². The van der Waals surface area contributed by atoms with Gasteiger partial charge in [0, 0.05) is 29.2 Å². The fourth-order valence-corrected chi connectivity index (χ4v) is 3.54. The van der Waals surface area contributed by atoms with Crippen molar-refractivity contribution >= 4 is 6.09 Å². The van der Waals surface area contributed by atoms with Crippen LogP contribution in [-0.4, -0.2) is 23.2 Å². The van der Waals surface area contributed by atoms with Crippen LogP contribution in [-0.2, 0) is 4.84 Å². The van der Waals surface area contributed by atoms with Crippen molar-refractivity contribution in [2.45, 2.75) is 83.3 Å². The second-order valence-electron chi connectivity index (χ2n) is 7.55. The molecular weight excluding hydrogens is 266 g/mol. The molecule has 0 radical (unpaired) electrons. The first kappa shape index (κ1) is 16.1. The molecule has 0 unspecified atom stereocenters. The van der Waals surface area contributed by atoms with Gasteiger partial charge in [0.1, 0.15) is 0 Å². The fourth-order valence-electron chi connectivity index (χ4n) is 3.54. The zero-order valence-corrected chi connectivity index (χ0v) is 13.7. The molecule has 0 aromatic heterocycles. The standard InChI is InChI=1S/C16H29N3O2/c1-15(2)10-13(11-16(3,4)19-15)18-21-14(20)17-12-8-6-5-7-9-12/h10,12,18-19H,5-9,11H2,1-4H3,(H,17,20). The van der Waals surface area contributed by atoms with Gasteiger partial charge in [-0.2, -0.15) is 0 Å². The Kier molecular flexibility index (Phi) is 4.81. The monoisotopic (exact) mass is 295 g/mol. The molecule has 1 amide bonds. The van der Waals surface area contributed by atoms with E-state index in [9.17, 15) is 4.79 Å². The molecule has 0 bridgehead atoms. The van der Waals surface area contributed by atoms with Gasteiger partial charge in [-0.05, 0) is 46.6 Å². The first-order valence-electron chi connectivity index (χ1n) is 8.00. The molecule has 120 valence electrons. The smallest absolute Gasteiger partial charge is 0.325 e. The zero-order valence-electron chi connectivity index (χ0n) is 13.7. The van der Waals surface area contributed by atoms with E-state index in [4.69, 9.17) is 4.84 Å². The number of hydrogen-bond donors (Lipinski definition) is 3. The molecule has 2 rings (SSSR count). The molecule has 2 aliphatic rings. The van der Waals surface area contributed by atoms with E-state index in [-0.39, 0.29) is 23.2 Å². The van der Waals surface area contributed by atoms with Gasteiger partial charge in [0.05, 0.1) is 0 Å². The quantitative estimate of drug-likeness (QED) is 0.701. The summed E-state index contributed by atoms with van der Waals surface area (Å²) in [5.41, 5.74) is 3.64. The second-order valence-corrected chi connectivity index (χ2v) is 7.55. The maximum absolute atomic E-state index is 11.8. The number of rotatable bonds is 3. The number of hydroxylamine groups is 1. The van der Waals surface area contributed by atoms with Gasteiger partial charge in [-0.15, -0.1) is 0 Å². The molecule has 0 spiro atoms. The van der Waals surface area contributed by atoms with Gasteiger partial charge in [-0.3, -0.25) is 0 Å². The molecule has 0 saturated heterocycles. The van der Waals surface area contributed by atoms with Gasteiger partial charge in [0.25, 0.3) is 0 Å². The summed E-state index contributed by atoms with van der Waals surface area (Å²) in [5.74, 6) is 0. The molecule has 0 aromatic rings. The molecule has 0 aromatic carbocycles. The highest BCUT2D eigenvalue weighted by Gasteiger charge is 2.32. The van der Waals surface area contributed by atoms with Crippen molar-refractivity contribution in [3.8, 4) is 0 Å². The number of carbonyl (C=O) groups is 1. The second kappa shape index (κ2) is 6.26. The maximum Gasteiger partial charge on any atom is 0.431 e. The van der Waals surface area contributed by atoms with Crippen LogP contribution in [0.4, 0.5) is 4.79 Å². The van der Waals surface area contributed by atoms with Gasteiger partial charge in [0.15, 0.2) is 0 Å². The molecule has 1 saturated carbocycles. The van der Waals surface area contributed by atoms with Crippen LogP contribution in [0.1, 0.15) is 66.2 Å². The topological polar surface area (TPSA) is 62.4 Å². The number of hydrogen-bond acceptors (Lipinski definition) is 4. The maximum atomic E-state index is 11.8. The summed E-state index contributed by atoms with van der Waals surface area (Å²) in [6.45, 7) is 8.51. The van der Waals surface area contributed by atoms with Gasteiger partial charge in [-0.1, -0.05) is 19.3 Å². The van der Waals surface area contributed by atoms with Crippen LogP contribution in [0.5, 0.6) is 0 Å². The van der Waals surface area contributed by atoms with Crippen LogP contribution in [0.2, 0.25) is 0 Å². The normalized spacial score (nSPS) is 24.9.